The van der Waals surface area contributed by atoms with E-state index in [4.69, 9.17) is 11.6 Å². The van der Waals surface area contributed by atoms with Crippen molar-refractivity contribution in [2.45, 2.75) is 13.1 Å². The molecule has 0 heterocycles. The van der Waals surface area contributed by atoms with E-state index >= 15 is 0 Å². The fourth-order valence-electron chi connectivity index (χ4n) is 1.97. The summed E-state index contributed by atoms with van der Waals surface area (Å²) in [6.07, 6.45) is 0. The van der Waals surface area contributed by atoms with E-state index < -0.39 is 4.92 Å². The summed E-state index contributed by atoms with van der Waals surface area (Å²) < 4.78 is 0. The van der Waals surface area contributed by atoms with Crippen LogP contribution in [0.3, 0.4) is 0 Å². The van der Waals surface area contributed by atoms with Gasteiger partial charge in [0.05, 0.1) is 4.92 Å². The Labute approximate surface area is 139 Å². The first-order valence-corrected chi connectivity index (χ1v) is 7.38. The molecule has 0 aliphatic carbocycles. The first-order chi connectivity index (χ1) is 11.1. The number of hydrogen-bond acceptors (Lipinski definition) is 3. The van der Waals surface area contributed by atoms with Crippen molar-refractivity contribution in [2.75, 3.05) is 7.05 Å². The summed E-state index contributed by atoms with van der Waals surface area (Å²) in [6, 6.07) is 14.0. The van der Waals surface area contributed by atoms with Gasteiger partial charge in [0, 0.05) is 37.3 Å². The monoisotopic (exact) mass is 332 g/mol. The Bertz CT molecular complexity index is 701. The van der Waals surface area contributed by atoms with Crippen LogP contribution in [-0.2, 0) is 13.1 Å². The highest BCUT2D eigenvalue weighted by atomic mass is 35.5. The van der Waals surface area contributed by atoms with E-state index in [2.05, 4.69) is 15.6 Å². The number of benzene rings is 2. The average molecular weight is 333 g/mol. The van der Waals surface area contributed by atoms with Crippen LogP contribution < -0.4 is 10.6 Å². The van der Waals surface area contributed by atoms with E-state index in [0.29, 0.717) is 24.1 Å². The molecule has 0 fully saturated rings. The lowest BCUT2D eigenvalue weighted by molar-refractivity contribution is -0.384. The van der Waals surface area contributed by atoms with Crippen molar-refractivity contribution < 1.29 is 4.92 Å². The Morgan fingerprint density at radius 3 is 2.39 bits per heavy atom. The van der Waals surface area contributed by atoms with Gasteiger partial charge < -0.3 is 10.6 Å². The SMILES string of the molecule is CN=C(NCc1ccc(Cl)cc1)NCc1cccc([N+](=O)[O-])c1. The molecule has 0 amide bonds. The maximum atomic E-state index is 10.8. The van der Waals surface area contributed by atoms with E-state index in [0.717, 1.165) is 11.1 Å². The van der Waals surface area contributed by atoms with Crippen molar-refractivity contribution in [1.29, 1.82) is 0 Å². The molecular formula is C16H17ClN4O2. The topological polar surface area (TPSA) is 79.6 Å². The fourth-order valence-corrected chi connectivity index (χ4v) is 2.10. The molecule has 2 N–H and O–H groups in total. The van der Waals surface area contributed by atoms with Crippen LogP contribution in [0.15, 0.2) is 53.5 Å². The zero-order valence-corrected chi connectivity index (χ0v) is 13.4. The summed E-state index contributed by atoms with van der Waals surface area (Å²) in [5.41, 5.74) is 1.97. The first kappa shape index (κ1) is 16.8. The van der Waals surface area contributed by atoms with Gasteiger partial charge in [0.1, 0.15) is 0 Å². The van der Waals surface area contributed by atoms with Gasteiger partial charge in [0.2, 0.25) is 0 Å². The van der Waals surface area contributed by atoms with Gasteiger partial charge in [-0.25, -0.2) is 0 Å². The van der Waals surface area contributed by atoms with Crippen LogP contribution in [0.2, 0.25) is 5.02 Å². The third kappa shape index (κ3) is 5.27. The molecule has 23 heavy (non-hydrogen) atoms. The van der Waals surface area contributed by atoms with Crippen LogP contribution in [0.5, 0.6) is 0 Å². The highest BCUT2D eigenvalue weighted by Crippen LogP contribution is 2.12. The van der Waals surface area contributed by atoms with E-state index in [1.165, 1.54) is 6.07 Å². The van der Waals surface area contributed by atoms with E-state index in [9.17, 15) is 10.1 Å². The molecule has 0 saturated heterocycles. The molecule has 0 saturated carbocycles. The van der Waals surface area contributed by atoms with Crippen LogP contribution in [0, 0.1) is 10.1 Å². The molecule has 2 rings (SSSR count). The number of hydrogen-bond donors (Lipinski definition) is 2. The van der Waals surface area contributed by atoms with Gasteiger partial charge in [-0.1, -0.05) is 35.9 Å². The number of nitrogens with zero attached hydrogens (tertiary/aromatic N) is 2. The van der Waals surface area contributed by atoms with Gasteiger partial charge >= 0.3 is 0 Å². The van der Waals surface area contributed by atoms with Crippen molar-refractivity contribution in [3.63, 3.8) is 0 Å². The summed E-state index contributed by atoms with van der Waals surface area (Å²) >= 11 is 5.85. The summed E-state index contributed by atoms with van der Waals surface area (Å²) in [6.45, 7) is 1.05. The van der Waals surface area contributed by atoms with Crippen LogP contribution >= 0.6 is 11.6 Å². The van der Waals surface area contributed by atoms with Gasteiger partial charge in [-0.15, -0.1) is 0 Å². The summed E-state index contributed by atoms with van der Waals surface area (Å²) in [4.78, 5) is 14.5. The molecule has 0 bridgehead atoms. The molecular weight excluding hydrogens is 316 g/mol. The zero-order valence-electron chi connectivity index (χ0n) is 12.6. The van der Waals surface area contributed by atoms with Crippen LogP contribution in [0.4, 0.5) is 5.69 Å². The van der Waals surface area contributed by atoms with Crippen molar-refractivity contribution in [3.8, 4) is 0 Å². The summed E-state index contributed by atoms with van der Waals surface area (Å²) in [5, 5.41) is 17.8. The minimum atomic E-state index is -0.406. The minimum absolute atomic E-state index is 0.0772. The number of nitrogens with one attached hydrogen (secondary N) is 2. The fraction of sp³-hybridized carbons (Fsp3) is 0.188. The Kier molecular flexibility index (Phi) is 5.94. The Morgan fingerprint density at radius 1 is 1.13 bits per heavy atom. The largest absolute Gasteiger partial charge is 0.352 e. The molecule has 0 unspecified atom stereocenters. The number of non-ortho nitro benzene ring substituents is 1. The zero-order chi connectivity index (χ0) is 16.7. The molecule has 0 atom stereocenters. The molecule has 120 valence electrons. The van der Waals surface area contributed by atoms with Gasteiger partial charge in [-0.2, -0.15) is 0 Å². The van der Waals surface area contributed by atoms with Crippen LogP contribution in [-0.4, -0.2) is 17.9 Å². The van der Waals surface area contributed by atoms with E-state index in [-0.39, 0.29) is 5.69 Å². The molecule has 0 radical (unpaired) electrons. The average Bonchev–Trinajstić information content (AvgIpc) is 2.57. The highest BCUT2D eigenvalue weighted by Gasteiger charge is 2.06. The molecule has 0 aromatic heterocycles. The molecule has 0 aliphatic rings. The molecule has 0 spiro atoms. The molecule has 2 aromatic carbocycles. The molecule has 0 aliphatic heterocycles. The smallest absolute Gasteiger partial charge is 0.269 e. The minimum Gasteiger partial charge on any atom is -0.352 e. The number of halogens is 1. The Balaban J connectivity index is 1.89. The summed E-state index contributed by atoms with van der Waals surface area (Å²) in [7, 11) is 1.67. The van der Waals surface area contributed by atoms with Crippen molar-refractivity contribution >= 4 is 23.2 Å². The maximum absolute atomic E-state index is 10.8. The Morgan fingerprint density at radius 2 is 1.78 bits per heavy atom. The van der Waals surface area contributed by atoms with Crippen molar-refractivity contribution in [1.82, 2.24) is 10.6 Å². The Hall–Kier alpha value is -2.60. The van der Waals surface area contributed by atoms with Crippen LogP contribution in [0.1, 0.15) is 11.1 Å². The molecule has 2 aromatic rings. The second kappa shape index (κ2) is 8.14. The second-order valence-corrected chi connectivity index (χ2v) is 5.27. The first-order valence-electron chi connectivity index (χ1n) is 7.01. The van der Waals surface area contributed by atoms with E-state index in [1.54, 1.807) is 19.2 Å². The van der Waals surface area contributed by atoms with Gasteiger partial charge in [0.15, 0.2) is 5.96 Å². The lowest BCUT2D eigenvalue weighted by Crippen LogP contribution is -2.36. The van der Waals surface area contributed by atoms with Gasteiger partial charge in [-0.3, -0.25) is 15.1 Å². The summed E-state index contributed by atoms with van der Waals surface area (Å²) in [5.74, 6) is 0.617. The quantitative estimate of drug-likeness (QED) is 0.381. The predicted molar refractivity (Wildman–Crippen MR) is 91.6 cm³/mol. The molecule has 7 heteroatoms. The number of rotatable bonds is 5. The van der Waals surface area contributed by atoms with E-state index in [1.807, 2.05) is 30.3 Å². The van der Waals surface area contributed by atoms with Gasteiger partial charge in [0.25, 0.3) is 5.69 Å². The number of aliphatic imine (C=N–C) groups is 1. The third-order valence-corrected chi connectivity index (χ3v) is 3.43. The van der Waals surface area contributed by atoms with Crippen LogP contribution in [0.25, 0.3) is 0 Å². The lowest BCUT2D eigenvalue weighted by Gasteiger charge is -2.12. The molecule has 6 nitrogen and oxygen atoms in total. The normalized spacial score (nSPS) is 11.1. The predicted octanol–water partition coefficient (Wildman–Crippen LogP) is 3.11. The van der Waals surface area contributed by atoms with Crippen molar-refractivity contribution in [3.05, 3.63) is 74.8 Å². The standard InChI is InChI=1S/C16H17ClN4O2/c1-18-16(19-10-12-5-7-14(17)8-6-12)20-11-13-3-2-4-15(9-13)21(22)23/h2-9H,10-11H2,1H3,(H2,18,19,20). The number of guanidine groups is 1. The second-order valence-electron chi connectivity index (χ2n) is 4.83. The lowest BCUT2D eigenvalue weighted by atomic mass is 10.2. The maximum Gasteiger partial charge on any atom is 0.269 e. The van der Waals surface area contributed by atoms with Gasteiger partial charge in [-0.05, 0) is 23.3 Å². The third-order valence-electron chi connectivity index (χ3n) is 3.18. The highest BCUT2D eigenvalue weighted by molar-refractivity contribution is 6.30. The number of nitro benzene ring substituents is 1. The number of nitro groups is 1. The van der Waals surface area contributed by atoms with Crippen molar-refractivity contribution in [2.24, 2.45) is 4.99 Å².